The maximum Gasteiger partial charge on any atom is 0.407 e. The summed E-state index contributed by atoms with van der Waals surface area (Å²) >= 11 is 0. The van der Waals surface area contributed by atoms with Crippen LogP contribution in [0.5, 0.6) is 0 Å². The van der Waals surface area contributed by atoms with Gasteiger partial charge < -0.3 is 82.4 Å². The van der Waals surface area contributed by atoms with Gasteiger partial charge in [-0.3, -0.25) is 4.57 Å². The molecule has 0 saturated heterocycles. The monoisotopic (exact) mass is 1480 g/mol. The van der Waals surface area contributed by atoms with Gasteiger partial charge in [-0.05, 0) is 189 Å². The third-order valence-corrected chi connectivity index (χ3v) is 28.3. The quantitative estimate of drug-likeness (QED) is 0.0216. The molecule has 11 unspecified atom stereocenters. The number of hydrogen-bond donors (Lipinski definition) is 5. The highest BCUT2D eigenvalue weighted by Crippen LogP contribution is 2.69. The molecular formula is C82H145N2O18P. The summed E-state index contributed by atoms with van der Waals surface area (Å²) in [5.74, 6) is 9.05. The minimum atomic E-state index is -4.14. The predicted molar refractivity (Wildman–Crippen MR) is 402 cm³/mol. The average Bonchev–Trinajstić information content (AvgIpc) is 1.69. The van der Waals surface area contributed by atoms with Crippen LogP contribution in [0.3, 0.4) is 0 Å². The lowest BCUT2D eigenvalue weighted by atomic mass is 9.47. The zero-order chi connectivity index (χ0) is 73.9. The molecular weight excluding hydrogens is 1330 g/mol. The van der Waals surface area contributed by atoms with Crippen LogP contribution in [0, 0.1) is 98.6 Å². The van der Waals surface area contributed by atoms with E-state index in [4.69, 9.17) is 56.6 Å². The number of alkyl carbamates (subject to hydrolysis) is 2. The molecule has 2 amide bonds. The van der Waals surface area contributed by atoms with Crippen LogP contribution in [0.2, 0.25) is 0 Å². The van der Waals surface area contributed by atoms with E-state index in [0.717, 1.165) is 110 Å². The van der Waals surface area contributed by atoms with Crippen molar-refractivity contribution in [2.45, 2.75) is 235 Å². The van der Waals surface area contributed by atoms with Crippen molar-refractivity contribution in [3.05, 3.63) is 23.3 Å². The maximum atomic E-state index is 12.8. The van der Waals surface area contributed by atoms with Gasteiger partial charge >= 0.3 is 19.8 Å². The standard InChI is InChI=1S/C82H145N2O18P/c1-59(2)14-11-16-61(5)71-22-24-73-69-20-18-64-52-67(26-30-79(64,7)75(69)28-32-81(71,73)9)101-77(87)83-34-13-36-91-38-40-93-44-47-97-49-51-99-56-66(86)57-100-103(89,90)58-63(54-85)55-98-50-48-96-46-45-95-43-42-94-41-39-92-37-35-84-78(88)102-68-27-31-80(8)65(53-68)19-21-70-74-25-23-72(62(6)17-12-15-60(3)4)82(74,10)33-29-76(70)80/h18-19,59-63,66-76,85-86H,11-17,20-58H2,1-10H3,(H,83,87)(H,84,88)(H,89,90)/t61-,62-,63?,66?,67-,68-,69?,70?,71?,72?,73?,74?,75?,76?,79-,80-,81+,82+/m0/s1. The molecule has 0 aromatic carbocycles. The Balaban J connectivity index is 0.530. The van der Waals surface area contributed by atoms with E-state index in [9.17, 15) is 29.3 Å². The summed E-state index contributed by atoms with van der Waals surface area (Å²) in [7, 11) is -4.14. The van der Waals surface area contributed by atoms with Crippen molar-refractivity contribution in [3.63, 3.8) is 0 Å². The largest absolute Gasteiger partial charge is 0.446 e. The van der Waals surface area contributed by atoms with Gasteiger partial charge in [0.2, 0.25) is 0 Å². The molecule has 0 heterocycles. The molecule has 20 nitrogen and oxygen atoms in total. The Kier molecular flexibility index (Phi) is 36.3. The topological polar surface area (TPSA) is 247 Å². The van der Waals surface area contributed by atoms with Crippen LogP contribution in [0.25, 0.3) is 0 Å². The van der Waals surface area contributed by atoms with Crippen LogP contribution in [0.4, 0.5) is 9.59 Å². The Morgan fingerprint density at radius 3 is 1.33 bits per heavy atom. The summed E-state index contributed by atoms with van der Waals surface area (Å²) in [6.45, 7) is 30.5. The average molecular weight is 1480 g/mol. The van der Waals surface area contributed by atoms with Crippen LogP contribution in [0.1, 0.15) is 217 Å². The van der Waals surface area contributed by atoms with Crippen molar-refractivity contribution >= 4 is 19.8 Å². The number of fused-ring (bicyclic) bond motifs is 10. The molecule has 0 aromatic rings. The minimum Gasteiger partial charge on any atom is -0.446 e. The van der Waals surface area contributed by atoms with Gasteiger partial charge in [0.05, 0.1) is 125 Å². The van der Waals surface area contributed by atoms with Crippen LogP contribution in [-0.4, -0.2) is 197 Å². The predicted octanol–water partition coefficient (Wildman–Crippen LogP) is 15.0. The van der Waals surface area contributed by atoms with Gasteiger partial charge in [0.1, 0.15) is 18.3 Å². The molecule has 8 aliphatic carbocycles. The molecule has 0 bridgehead atoms. The summed E-state index contributed by atoms with van der Waals surface area (Å²) < 4.78 is 80.1. The van der Waals surface area contributed by atoms with E-state index < -0.39 is 26.2 Å². The molecule has 0 radical (unpaired) electrons. The van der Waals surface area contributed by atoms with Gasteiger partial charge in [-0.2, -0.15) is 0 Å². The Morgan fingerprint density at radius 1 is 0.485 bits per heavy atom. The van der Waals surface area contributed by atoms with E-state index in [1.807, 2.05) is 0 Å². The molecule has 0 aliphatic heterocycles. The highest BCUT2D eigenvalue weighted by Gasteiger charge is 2.61. The zero-order valence-corrected chi connectivity index (χ0v) is 66.7. The second kappa shape index (κ2) is 43.4. The summed E-state index contributed by atoms with van der Waals surface area (Å²) in [6.07, 6.45) is 30.8. The highest BCUT2D eigenvalue weighted by atomic mass is 31.2. The fourth-order valence-electron chi connectivity index (χ4n) is 21.3. The van der Waals surface area contributed by atoms with Crippen molar-refractivity contribution in [1.82, 2.24) is 10.6 Å². The maximum absolute atomic E-state index is 12.8. The number of aliphatic hydroxyl groups excluding tert-OH is 2. The van der Waals surface area contributed by atoms with Gasteiger partial charge in [0, 0.05) is 45.1 Å². The SMILES string of the molecule is CC(C)CCC[C@H](C)C1CCC2C3CC=C4C[C@@H](OC(=O)NCCCOCCOCCOCCOCC(O)COP(=O)(O)CC(CO)COCCOCCOCCOCCOCCNC(=O)O[C@H]5CC[C@@]6(C)C(=CCC7C8CCC([C@@H](C)CCCC(C)C)[C@@]8(C)CCC76)C5)CC[C@]4(C)C3CC[C@@]21C. The molecule has 19 atom stereocenters. The van der Waals surface area contributed by atoms with Gasteiger partial charge in [-0.1, -0.05) is 131 Å². The number of hydrogen-bond acceptors (Lipinski definition) is 17. The van der Waals surface area contributed by atoms with Gasteiger partial charge in [0.25, 0.3) is 0 Å². The van der Waals surface area contributed by atoms with Crippen LogP contribution < -0.4 is 10.6 Å². The van der Waals surface area contributed by atoms with Crippen molar-refractivity contribution < 1.29 is 85.9 Å². The van der Waals surface area contributed by atoms with Gasteiger partial charge in [-0.25, -0.2) is 9.59 Å². The summed E-state index contributed by atoms with van der Waals surface area (Å²) in [5, 5.41) is 25.9. The highest BCUT2D eigenvalue weighted by molar-refractivity contribution is 7.52. The van der Waals surface area contributed by atoms with Crippen molar-refractivity contribution in [2.24, 2.45) is 98.6 Å². The Bertz CT molecular complexity index is 2580. The number of nitrogens with one attached hydrogen (secondary N) is 2. The lowest BCUT2D eigenvalue weighted by Crippen LogP contribution is -2.51. The van der Waals surface area contributed by atoms with E-state index in [1.54, 1.807) is 0 Å². The smallest absolute Gasteiger partial charge is 0.407 e. The summed E-state index contributed by atoms with van der Waals surface area (Å²) in [5.41, 5.74) is 4.48. The third kappa shape index (κ3) is 25.6. The molecule has 8 rings (SSSR count). The molecule has 8 aliphatic rings. The van der Waals surface area contributed by atoms with Crippen LogP contribution in [-0.2, 0) is 61.2 Å². The molecule has 6 saturated carbocycles. The number of allylic oxidation sites excluding steroid dienone is 2. The number of amides is 2. The van der Waals surface area contributed by atoms with Crippen LogP contribution in [0.15, 0.2) is 23.3 Å². The van der Waals surface area contributed by atoms with Crippen molar-refractivity contribution in [1.29, 1.82) is 0 Å². The van der Waals surface area contributed by atoms with E-state index in [2.05, 4.69) is 92.0 Å². The van der Waals surface area contributed by atoms with Crippen molar-refractivity contribution in [3.8, 4) is 0 Å². The molecule has 0 spiro atoms. The molecule has 103 heavy (non-hydrogen) atoms. The Labute approximate surface area is 622 Å². The zero-order valence-electron chi connectivity index (χ0n) is 65.8. The first-order valence-electron chi connectivity index (χ1n) is 41.2. The first-order chi connectivity index (χ1) is 49.5. The molecule has 5 N–H and O–H groups in total. The third-order valence-electron chi connectivity index (χ3n) is 26.8. The summed E-state index contributed by atoms with van der Waals surface area (Å²) in [6, 6.07) is 0. The lowest BCUT2D eigenvalue weighted by molar-refractivity contribution is -0.0581. The van der Waals surface area contributed by atoms with E-state index in [-0.39, 0.29) is 87.6 Å². The summed E-state index contributed by atoms with van der Waals surface area (Å²) in [4.78, 5) is 36.1. The number of rotatable bonds is 50. The lowest BCUT2D eigenvalue weighted by Gasteiger charge is -2.58. The molecule has 596 valence electrons. The van der Waals surface area contributed by atoms with Gasteiger partial charge in [-0.15, -0.1) is 0 Å². The minimum absolute atomic E-state index is 0.0223. The first-order valence-corrected chi connectivity index (χ1v) is 43.0. The second-order valence-corrected chi connectivity index (χ2v) is 36.5. The fourth-order valence-corrected chi connectivity index (χ4v) is 22.7. The number of ether oxygens (including phenoxy) is 11. The van der Waals surface area contributed by atoms with E-state index in [0.29, 0.717) is 110 Å². The Hall–Kier alpha value is -2.27. The number of aliphatic hydroxyl groups is 2. The van der Waals surface area contributed by atoms with Crippen LogP contribution >= 0.6 is 7.60 Å². The number of carbonyl (C=O) groups is 2. The fraction of sp³-hybridized carbons (Fsp3) is 0.927. The van der Waals surface area contributed by atoms with Gasteiger partial charge in [0.15, 0.2) is 0 Å². The normalized spacial score (nSPS) is 32.0. The van der Waals surface area contributed by atoms with E-state index in [1.165, 1.54) is 114 Å². The molecule has 21 heteroatoms. The molecule has 0 aromatic heterocycles. The Morgan fingerprint density at radius 2 is 0.893 bits per heavy atom. The second-order valence-electron chi connectivity index (χ2n) is 34.6. The first kappa shape index (κ1) is 86.3. The molecule has 6 fully saturated rings. The van der Waals surface area contributed by atoms with E-state index >= 15 is 0 Å². The number of carbonyl (C=O) groups excluding carboxylic acids is 2. The van der Waals surface area contributed by atoms with Crippen molar-refractivity contribution in [2.75, 3.05) is 151 Å².